The molecule has 0 N–H and O–H groups in total. The third kappa shape index (κ3) is 3.07. The molecule has 20 heavy (non-hydrogen) atoms. The molecule has 0 saturated carbocycles. The fourth-order valence-corrected chi connectivity index (χ4v) is 2.16. The van der Waals surface area contributed by atoms with Crippen molar-refractivity contribution in [2.45, 2.75) is 33.6 Å². The average Bonchev–Trinajstić information content (AvgIpc) is 2.88. The maximum atomic E-state index is 6.03. The highest BCUT2D eigenvalue weighted by Gasteiger charge is 2.13. The summed E-state index contributed by atoms with van der Waals surface area (Å²) in [5.74, 6) is 2.05. The molecule has 2 aromatic heterocycles. The molecule has 0 fully saturated rings. The number of nitrogens with zero attached hydrogens (tertiary/aromatic N) is 6. The lowest BCUT2D eigenvalue weighted by Gasteiger charge is -2.19. The summed E-state index contributed by atoms with van der Waals surface area (Å²) in [6, 6.07) is 0. The van der Waals surface area contributed by atoms with Gasteiger partial charge in [-0.1, -0.05) is 6.92 Å². The minimum Gasteiger partial charge on any atom is -0.341 e. The average molecular weight is 295 g/mol. The molecule has 2 heterocycles. The summed E-state index contributed by atoms with van der Waals surface area (Å²) < 4.78 is 1.87. The van der Waals surface area contributed by atoms with Crippen LogP contribution in [0, 0.1) is 0 Å². The SMILES string of the molecule is CCCc1nccn1-c1nc(Cl)nc(N(CC)CC)n1. The van der Waals surface area contributed by atoms with Gasteiger partial charge in [0.2, 0.25) is 17.2 Å². The summed E-state index contributed by atoms with van der Waals surface area (Å²) in [7, 11) is 0. The predicted molar refractivity (Wildman–Crippen MR) is 79.5 cm³/mol. The molecule has 0 spiro atoms. The third-order valence-corrected chi connectivity index (χ3v) is 3.21. The van der Waals surface area contributed by atoms with Gasteiger partial charge in [0.05, 0.1) is 0 Å². The molecule has 0 aromatic carbocycles. The number of halogens is 1. The monoisotopic (exact) mass is 294 g/mol. The van der Waals surface area contributed by atoms with Crippen LogP contribution in [0.3, 0.4) is 0 Å². The Morgan fingerprint density at radius 2 is 1.90 bits per heavy atom. The van der Waals surface area contributed by atoms with Crippen LogP contribution >= 0.6 is 11.6 Å². The van der Waals surface area contributed by atoms with Gasteiger partial charge in [0.25, 0.3) is 0 Å². The van der Waals surface area contributed by atoms with Crippen molar-refractivity contribution in [3.63, 3.8) is 0 Å². The van der Waals surface area contributed by atoms with Crippen molar-refractivity contribution in [2.75, 3.05) is 18.0 Å². The Kier molecular flexibility index (Phi) is 4.89. The molecule has 7 heteroatoms. The Labute approximate surface area is 123 Å². The van der Waals surface area contributed by atoms with E-state index < -0.39 is 0 Å². The van der Waals surface area contributed by atoms with Gasteiger partial charge in [-0.2, -0.15) is 15.0 Å². The van der Waals surface area contributed by atoms with Crippen LogP contribution in [0.2, 0.25) is 5.28 Å². The van der Waals surface area contributed by atoms with E-state index in [-0.39, 0.29) is 5.28 Å². The Balaban J connectivity index is 2.43. The molecule has 0 radical (unpaired) electrons. The number of hydrogen-bond acceptors (Lipinski definition) is 5. The Morgan fingerprint density at radius 3 is 2.55 bits per heavy atom. The molecule has 0 aliphatic heterocycles. The zero-order chi connectivity index (χ0) is 14.5. The van der Waals surface area contributed by atoms with Crippen LogP contribution in [-0.2, 0) is 6.42 Å². The van der Waals surface area contributed by atoms with Crippen molar-refractivity contribution in [2.24, 2.45) is 0 Å². The fraction of sp³-hybridized carbons (Fsp3) is 0.538. The summed E-state index contributed by atoms with van der Waals surface area (Å²) >= 11 is 6.03. The smallest absolute Gasteiger partial charge is 0.241 e. The van der Waals surface area contributed by atoms with Gasteiger partial charge in [-0.05, 0) is 31.9 Å². The van der Waals surface area contributed by atoms with Crippen LogP contribution < -0.4 is 4.90 Å². The lowest BCUT2D eigenvalue weighted by molar-refractivity contribution is 0.757. The fourth-order valence-electron chi connectivity index (χ4n) is 2.01. The van der Waals surface area contributed by atoms with E-state index in [4.69, 9.17) is 11.6 Å². The van der Waals surface area contributed by atoms with Crippen LogP contribution in [0.5, 0.6) is 0 Å². The molecular weight excluding hydrogens is 276 g/mol. The van der Waals surface area contributed by atoms with Gasteiger partial charge in [0.15, 0.2) is 0 Å². The van der Waals surface area contributed by atoms with Crippen LogP contribution in [-0.4, -0.2) is 37.6 Å². The standard InChI is InChI=1S/C13H19ClN6/c1-4-7-10-15-8-9-20(10)13-17-11(14)16-12(18-13)19(5-2)6-3/h8-9H,4-7H2,1-3H3. The second-order valence-electron chi connectivity index (χ2n) is 4.34. The second kappa shape index (κ2) is 6.65. The van der Waals surface area contributed by atoms with Gasteiger partial charge in [-0.25, -0.2) is 4.98 Å². The van der Waals surface area contributed by atoms with Gasteiger partial charge in [0.1, 0.15) is 5.82 Å². The van der Waals surface area contributed by atoms with Gasteiger partial charge in [-0.3, -0.25) is 4.57 Å². The molecule has 0 amide bonds. The first-order valence-corrected chi connectivity index (χ1v) is 7.26. The number of rotatable bonds is 6. The van der Waals surface area contributed by atoms with Crippen LogP contribution in [0.25, 0.3) is 5.95 Å². The number of anilines is 1. The first kappa shape index (κ1) is 14.7. The summed E-state index contributed by atoms with van der Waals surface area (Å²) in [5.41, 5.74) is 0. The molecule has 0 saturated heterocycles. The maximum absolute atomic E-state index is 6.03. The predicted octanol–water partition coefficient (Wildman–Crippen LogP) is 2.51. The van der Waals surface area contributed by atoms with Crippen LogP contribution in [0.4, 0.5) is 5.95 Å². The highest BCUT2D eigenvalue weighted by Crippen LogP contribution is 2.15. The van der Waals surface area contributed by atoms with E-state index in [1.807, 2.05) is 15.7 Å². The summed E-state index contributed by atoms with van der Waals surface area (Å²) in [6.07, 6.45) is 5.48. The topological polar surface area (TPSA) is 59.7 Å². The van der Waals surface area contributed by atoms with Crippen molar-refractivity contribution in [1.82, 2.24) is 24.5 Å². The Bertz CT molecular complexity index is 564. The number of aryl methyl sites for hydroxylation is 1. The van der Waals surface area contributed by atoms with Gasteiger partial charge < -0.3 is 4.90 Å². The van der Waals surface area contributed by atoms with Crippen LogP contribution in [0.15, 0.2) is 12.4 Å². The molecule has 0 aliphatic carbocycles. The Morgan fingerprint density at radius 1 is 1.15 bits per heavy atom. The van der Waals surface area contributed by atoms with Crippen molar-refractivity contribution >= 4 is 17.5 Å². The molecule has 0 unspecified atom stereocenters. The molecule has 0 bridgehead atoms. The maximum Gasteiger partial charge on any atom is 0.241 e. The van der Waals surface area contributed by atoms with E-state index in [9.17, 15) is 0 Å². The zero-order valence-corrected chi connectivity index (χ0v) is 12.8. The minimum absolute atomic E-state index is 0.202. The van der Waals surface area contributed by atoms with E-state index in [1.165, 1.54) is 0 Å². The number of aromatic nitrogens is 5. The van der Waals surface area contributed by atoms with E-state index in [1.54, 1.807) is 6.20 Å². The highest BCUT2D eigenvalue weighted by molar-refractivity contribution is 6.28. The molecule has 6 nitrogen and oxygen atoms in total. The molecule has 2 aromatic rings. The summed E-state index contributed by atoms with van der Waals surface area (Å²) in [6.45, 7) is 7.87. The third-order valence-electron chi connectivity index (χ3n) is 3.04. The molecular formula is C13H19ClN6. The zero-order valence-electron chi connectivity index (χ0n) is 12.0. The number of imidazole rings is 1. The lowest BCUT2D eigenvalue weighted by atomic mass is 10.3. The van der Waals surface area contributed by atoms with Gasteiger partial charge >= 0.3 is 0 Å². The molecule has 108 valence electrons. The van der Waals surface area contributed by atoms with E-state index in [0.717, 1.165) is 31.8 Å². The summed E-state index contributed by atoms with van der Waals surface area (Å²) in [5, 5.41) is 0.202. The Hall–Kier alpha value is -1.69. The molecule has 2 rings (SSSR count). The molecule has 0 atom stereocenters. The molecule has 0 aliphatic rings. The van der Waals surface area contributed by atoms with Gasteiger partial charge in [-0.15, -0.1) is 0 Å². The largest absolute Gasteiger partial charge is 0.341 e. The first-order valence-electron chi connectivity index (χ1n) is 6.88. The quantitative estimate of drug-likeness (QED) is 0.819. The van der Waals surface area contributed by atoms with Crippen molar-refractivity contribution < 1.29 is 0 Å². The van der Waals surface area contributed by atoms with E-state index >= 15 is 0 Å². The minimum atomic E-state index is 0.202. The van der Waals surface area contributed by atoms with Crippen molar-refractivity contribution in [3.05, 3.63) is 23.5 Å². The van der Waals surface area contributed by atoms with Crippen molar-refractivity contribution in [1.29, 1.82) is 0 Å². The summed E-state index contributed by atoms with van der Waals surface area (Å²) in [4.78, 5) is 19.3. The van der Waals surface area contributed by atoms with Crippen LogP contribution in [0.1, 0.15) is 33.0 Å². The normalized spacial score (nSPS) is 10.8. The second-order valence-corrected chi connectivity index (χ2v) is 4.68. The van der Waals surface area contributed by atoms with E-state index in [0.29, 0.717) is 11.9 Å². The van der Waals surface area contributed by atoms with E-state index in [2.05, 4.69) is 40.7 Å². The number of hydrogen-bond donors (Lipinski definition) is 0. The lowest BCUT2D eigenvalue weighted by Crippen LogP contribution is -2.25. The van der Waals surface area contributed by atoms with Gasteiger partial charge in [0, 0.05) is 31.9 Å². The van der Waals surface area contributed by atoms with Crippen molar-refractivity contribution in [3.8, 4) is 5.95 Å². The highest BCUT2D eigenvalue weighted by atomic mass is 35.5. The first-order chi connectivity index (χ1) is 9.69.